The number of likely N-dealkylation sites (tertiary alicyclic amines) is 1. The van der Waals surface area contributed by atoms with E-state index in [2.05, 4.69) is 15.6 Å². The average Bonchev–Trinajstić information content (AvgIpc) is 3.31. The molecule has 188 valence electrons. The molecule has 10 heteroatoms. The number of carbonyl (C=O) groups excluding carboxylic acids is 2. The molecule has 1 saturated heterocycles. The van der Waals surface area contributed by atoms with Gasteiger partial charge in [0.05, 0.1) is 18.8 Å². The number of hydrogen-bond acceptors (Lipinski definition) is 5. The van der Waals surface area contributed by atoms with Gasteiger partial charge in [-0.15, -0.1) is 5.10 Å². The van der Waals surface area contributed by atoms with Crippen molar-refractivity contribution in [3.05, 3.63) is 82.2 Å². The van der Waals surface area contributed by atoms with Gasteiger partial charge in [-0.05, 0) is 31.4 Å². The summed E-state index contributed by atoms with van der Waals surface area (Å²) in [7, 11) is 0. The SMILES string of the molecule is Cc1ccc(C2Cn3nnc(C(=O)N4CCC(C(=O)NCc5ccc(F)cc5F)CC4)c3CO2)cc1. The molecule has 2 aliphatic heterocycles. The number of aromatic nitrogens is 3. The molecule has 1 atom stereocenters. The lowest BCUT2D eigenvalue weighted by atomic mass is 9.95. The average molecular weight is 496 g/mol. The highest BCUT2D eigenvalue weighted by molar-refractivity contribution is 5.93. The predicted molar refractivity (Wildman–Crippen MR) is 126 cm³/mol. The largest absolute Gasteiger partial charge is 0.365 e. The van der Waals surface area contributed by atoms with Crippen LogP contribution < -0.4 is 5.32 Å². The van der Waals surface area contributed by atoms with Crippen molar-refractivity contribution in [2.24, 2.45) is 5.92 Å². The Morgan fingerprint density at radius 2 is 1.86 bits per heavy atom. The smallest absolute Gasteiger partial charge is 0.276 e. The quantitative estimate of drug-likeness (QED) is 0.587. The van der Waals surface area contributed by atoms with Crippen LogP contribution in [0.3, 0.4) is 0 Å². The van der Waals surface area contributed by atoms with E-state index in [1.165, 1.54) is 11.6 Å². The van der Waals surface area contributed by atoms with Gasteiger partial charge in [0.25, 0.3) is 5.91 Å². The molecule has 3 heterocycles. The maximum absolute atomic E-state index is 13.8. The molecular weight excluding hydrogens is 468 g/mol. The molecule has 1 fully saturated rings. The molecule has 3 aromatic rings. The number of nitrogens with zero attached hydrogens (tertiary/aromatic N) is 4. The first-order valence-corrected chi connectivity index (χ1v) is 12.0. The molecule has 1 N–H and O–H groups in total. The lowest BCUT2D eigenvalue weighted by molar-refractivity contribution is -0.126. The number of carbonyl (C=O) groups is 2. The van der Waals surface area contributed by atoms with Crippen molar-refractivity contribution >= 4 is 11.8 Å². The van der Waals surface area contributed by atoms with Crippen LogP contribution in [-0.2, 0) is 29.2 Å². The van der Waals surface area contributed by atoms with Crippen LogP contribution in [0.2, 0.25) is 0 Å². The van der Waals surface area contributed by atoms with Crippen LogP contribution in [0.4, 0.5) is 8.78 Å². The van der Waals surface area contributed by atoms with E-state index in [-0.39, 0.29) is 48.2 Å². The molecule has 0 spiro atoms. The lowest BCUT2D eigenvalue weighted by Gasteiger charge is -2.31. The Balaban J connectivity index is 1.15. The van der Waals surface area contributed by atoms with Gasteiger partial charge in [-0.2, -0.15) is 0 Å². The third kappa shape index (κ3) is 4.99. The van der Waals surface area contributed by atoms with Gasteiger partial charge in [0, 0.05) is 37.2 Å². The Bertz CT molecular complexity index is 1270. The van der Waals surface area contributed by atoms with E-state index in [9.17, 15) is 18.4 Å². The molecule has 2 aromatic carbocycles. The number of hydrogen-bond donors (Lipinski definition) is 1. The van der Waals surface area contributed by atoms with Gasteiger partial charge < -0.3 is 15.0 Å². The van der Waals surface area contributed by atoms with Gasteiger partial charge in [-0.3, -0.25) is 9.59 Å². The van der Waals surface area contributed by atoms with Crippen molar-refractivity contribution < 1.29 is 23.1 Å². The minimum absolute atomic E-state index is 0.0138. The fourth-order valence-electron chi connectivity index (χ4n) is 4.65. The second kappa shape index (κ2) is 10.1. The fraction of sp³-hybridized carbons (Fsp3) is 0.385. The summed E-state index contributed by atoms with van der Waals surface area (Å²) in [5.74, 6) is -2.07. The van der Waals surface area contributed by atoms with Crippen LogP contribution >= 0.6 is 0 Å². The number of amides is 2. The van der Waals surface area contributed by atoms with Gasteiger partial charge >= 0.3 is 0 Å². The standard InChI is InChI=1S/C26H27F2N5O3/c1-16-2-4-17(5-3-16)23-14-33-22(15-36-23)24(30-31-33)26(35)32-10-8-18(9-11-32)25(34)29-13-19-6-7-20(27)12-21(19)28/h2-7,12,18,23H,8-11,13-15H2,1H3,(H,29,34). The number of nitrogens with one attached hydrogen (secondary N) is 1. The van der Waals surface area contributed by atoms with Crippen LogP contribution in [-0.4, -0.2) is 44.8 Å². The van der Waals surface area contributed by atoms with Gasteiger partial charge in [0.15, 0.2) is 5.69 Å². The summed E-state index contributed by atoms with van der Waals surface area (Å²) < 4.78 is 34.6. The summed E-state index contributed by atoms with van der Waals surface area (Å²) in [6, 6.07) is 11.4. The first kappa shape index (κ1) is 24.1. The van der Waals surface area contributed by atoms with E-state index in [1.807, 2.05) is 31.2 Å². The number of ether oxygens (including phenoxy) is 1. The molecule has 0 bridgehead atoms. The lowest BCUT2D eigenvalue weighted by Crippen LogP contribution is -2.43. The molecule has 5 rings (SSSR count). The Labute approximate surface area is 207 Å². The van der Waals surface area contributed by atoms with Crippen molar-refractivity contribution in [2.75, 3.05) is 13.1 Å². The maximum Gasteiger partial charge on any atom is 0.276 e. The van der Waals surface area contributed by atoms with E-state index in [4.69, 9.17) is 4.74 Å². The van der Waals surface area contributed by atoms with E-state index < -0.39 is 11.6 Å². The Morgan fingerprint density at radius 3 is 2.58 bits per heavy atom. The zero-order chi connectivity index (χ0) is 25.2. The summed E-state index contributed by atoms with van der Waals surface area (Å²) in [4.78, 5) is 27.4. The third-order valence-corrected chi connectivity index (χ3v) is 6.87. The monoisotopic (exact) mass is 495 g/mol. The number of benzene rings is 2. The van der Waals surface area contributed by atoms with Crippen molar-refractivity contribution in [1.82, 2.24) is 25.2 Å². The highest BCUT2D eigenvalue weighted by Gasteiger charge is 2.33. The second-order valence-corrected chi connectivity index (χ2v) is 9.30. The summed E-state index contributed by atoms with van der Waals surface area (Å²) in [6.07, 6.45) is 0.818. The highest BCUT2D eigenvalue weighted by atomic mass is 19.1. The molecule has 36 heavy (non-hydrogen) atoms. The van der Waals surface area contributed by atoms with Crippen LogP contribution in [0.5, 0.6) is 0 Å². The normalized spacial score (nSPS) is 18.1. The Hall–Kier alpha value is -3.66. The number of fused-ring (bicyclic) bond motifs is 1. The van der Waals surface area contributed by atoms with E-state index >= 15 is 0 Å². The van der Waals surface area contributed by atoms with Crippen molar-refractivity contribution in [3.8, 4) is 0 Å². The minimum Gasteiger partial charge on any atom is -0.365 e. The fourth-order valence-corrected chi connectivity index (χ4v) is 4.65. The van der Waals surface area contributed by atoms with Gasteiger partial charge in [-0.25, -0.2) is 13.5 Å². The maximum atomic E-state index is 13.8. The van der Waals surface area contributed by atoms with Gasteiger partial charge in [-0.1, -0.05) is 41.1 Å². The molecule has 0 radical (unpaired) electrons. The van der Waals surface area contributed by atoms with E-state index in [0.717, 1.165) is 17.7 Å². The Kier molecular flexibility index (Phi) is 6.77. The molecule has 1 aromatic heterocycles. The van der Waals surface area contributed by atoms with Crippen molar-refractivity contribution in [1.29, 1.82) is 0 Å². The van der Waals surface area contributed by atoms with Gasteiger partial charge in [0.2, 0.25) is 5.91 Å². The first-order chi connectivity index (χ1) is 17.4. The number of aryl methyl sites for hydroxylation is 1. The summed E-state index contributed by atoms with van der Waals surface area (Å²) in [6.45, 7) is 3.55. The third-order valence-electron chi connectivity index (χ3n) is 6.87. The van der Waals surface area contributed by atoms with Crippen LogP contribution in [0.25, 0.3) is 0 Å². The minimum atomic E-state index is -0.693. The van der Waals surface area contributed by atoms with E-state index in [0.29, 0.717) is 38.2 Å². The van der Waals surface area contributed by atoms with Crippen LogP contribution in [0.1, 0.15) is 51.8 Å². The zero-order valence-corrected chi connectivity index (χ0v) is 19.9. The summed E-state index contributed by atoms with van der Waals surface area (Å²) in [5, 5.41) is 11.1. The number of halogens is 2. The molecule has 0 aliphatic carbocycles. The topological polar surface area (TPSA) is 89.4 Å². The zero-order valence-electron chi connectivity index (χ0n) is 19.9. The van der Waals surface area contributed by atoms with Crippen molar-refractivity contribution in [2.45, 2.75) is 45.6 Å². The molecule has 2 amide bonds. The van der Waals surface area contributed by atoms with Crippen LogP contribution in [0, 0.1) is 24.5 Å². The Morgan fingerprint density at radius 1 is 1.11 bits per heavy atom. The first-order valence-electron chi connectivity index (χ1n) is 12.0. The van der Waals surface area contributed by atoms with E-state index in [1.54, 1.807) is 9.58 Å². The number of rotatable bonds is 5. The van der Waals surface area contributed by atoms with Gasteiger partial charge in [0.1, 0.15) is 17.7 Å². The predicted octanol–water partition coefficient (Wildman–Crippen LogP) is 3.30. The molecule has 1 unspecified atom stereocenters. The van der Waals surface area contributed by atoms with Crippen molar-refractivity contribution in [3.63, 3.8) is 0 Å². The molecule has 0 saturated carbocycles. The molecular formula is C26H27F2N5O3. The number of piperidine rings is 1. The second-order valence-electron chi connectivity index (χ2n) is 9.30. The summed E-state index contributed by atoms with van der Waals surface area (Å²) >= 11 is 0. The highest BCUT2D eigenvalue weighted by Crippen LogP contribution is 2.28. The summed E-state index contributed by atoms with van der Waals surface area (Å²) in [5.41, 5.74) is 3.39. The van der Waals surface area contributed by atoms with Crippen LogP contribution in [0.15, 0.2) is 42.5 Å². The molecule has 2 aliphatic rings. The molecule has 8 nitrogen and oxygen atoms in total.